The maximum Gasteiger partial charge on any atom is 0.269 e. The van der Waals surface area contributed by atoms with E-state index in [0.29, 0.717) is 30.8 Å². The summed E-state index contributed by atoms with van der Waals surface area (Å²) in [6.45, 7) is 0. The molecular weight excluding hydrogens is 566 g/mol. The van der Waals surface area contributed by atoms with Crippen LogP contribution in [0.25, 0.3) is 0 Å². The summed E-state index contributed by atoms with van der Waals surface area (Å²) in [5.41, 5.74) is 8.49. The van der Waals surface area contributed by atoms with Crippen molar-refractivity contribution in [3.63, 3.8) is 0 Å². The van der Waals surface area contributed by atoms with Crippen molar-refractivity contribution in [1.29, 1.82) is 0 Å². The van der Waals surface area contributed by atoms with Gasteiger partial charge in [0.05, 0.1) is 26.3 Å². The SMILES string of the molecule is COc1ccc(Cc2c(Cc3cccc(O)c3)c(CCc3ccccc3)c(Cc3ccc([N+](=O)[O-])cc3)c(OC)c2OC)cc1. The first-order chi connectivity index (χ1) is 21.9. The van der Waals surface area contributed by atoms with Crippen LogP contribution < -0.4 is 14.2 Å². The molecule has 0 saturated heterocycles. The van der Waals surface area contributed by atoms with Gasteiger partial charge in [0.1, 0.15) is 11.5 Å². The van der Waals surface area contributed by atoms with E-state index in [1.54, 1.807) is 45.6 Å². The van der Waals surface area contributed by atoms with Crippen molar-refractivity contribution in [1.82, 2.24) is 0 Å². The maximum absolute atomic E-state index is 11.3. The monoisotopic (exact) mass is 603 g/mol. The van der Waals surface area contributed by atoms with Gasteiger partial charge in [-0.3, -0.25) is 10.1 Å². The molecule has 0 aromatic heterocycles. The third-order valence-electron chi connectivity index (χ3n) is 8.12. The van der Waals surface area contributed by atoms with Gasteiger partial charge in [-0.25, -0.2) is 0 Å². The number of non-ortho nitro benzene ring substituents is 1. The number of phenolic OH excluding ortho intramolecular Hbond substituents is 1. The number of aryl methyl sites for hydroxylation is 1. The normalized spacial score (nSPS) is 10.8. The number of nitro benzene ring substituents is 1. The molecule has 7 nitrogen and oxygen atoms in total. The smallest absolute Gasteiger partial charge is 0.269 e. The number of hydrogen-bond acceptors (Lipinski definition) is 6. The second kappa shape index (κ2) is 14.4. The number of methoxy groups -OCH3 is 3. The summed E-state index contributed by atoms with van der Waals surface area (Å²) in [6.07, 6.45) is 3.19. The number of hydrogen-bond donors (Lipinski definition) is 1. The first-order valence-corrected chi connectivity index (χ1v) is 14.9. The Hall–Kier alpha value is -5.30. The number of phenols is 1. The molecule has 0 spiro atoms. The van der Waals surface area contributed by atoms with Crippen LogP contribution in [-0.4, -0.2) is 31.4 Å². The quantitative estimate of drug-likeness (QED) is 0.109. The van der Waals surface area contributed by atoms with Crippen LogP contribution in [0.2, 0.25) is 0 Å². The van der Waals surface area contributed by atoms with Gasteiger partial charge in [-0.15, -0.1) is 0 Å². The van der Waals surface area contributed by atoms with Gasteiger partial charge in [-0.1, -0.05) is 66.7 Å². The van der Waals surface area contributed by atoms with Gasteiger partial charge in [0, 0.05) is 36.1 Å². The summed E-state index contributed by atoms with van der Waals surface area (Å²) in [5.74, 6) is 2.30. The molecule has 5 aromatic carbocycles. The third kappa shape index (κ3) is 7.44. The van der Waals surface area contributed by atoms with Crippen molar-refractivity contribution in [3.8, 4) is 23.0 Å². The highest BCUT2D eigenvalue weighted by atomic mass is 16.6. The molecule has 0 heterocycles. The lowest BCUT2D eigenvalue weighted by atomic mass is 9.83. The van der Waals surface area contributed by atoms with Gasteiger partial charge in [0.25, 0.3) is 5.69 Å². The van der Waals surface area contributed by atoms with Gasteiger partial charge < -0.3 is 19.3 Å². The highest BCUT2D eigenvalue weighted by Gasteiger charge is 2.26. The van der Waals surface area contributed by atoms with Gasteiger partial charge in [-0.2, -0.15) is 0 Å². The van der Waals surface area contributed by atoms with E-state index in [1.807, 2.05) is 42.5 Å². The Morgan fingerprint density at radius 1 is 0.578 bits per heavy atom. The summed E-state index contributed by atoms with van der Waals surface area (Å²) < 4.78 is 17.7. The van der Waals surface area contributed by atoms with Crippen LogP contribution in [-0.2, 0) is 32.1 Å². The molecule has 0 radical (unpaired) electrons. The van der Waals surface area contributed by atoms with Gasteiger partial charge in [0.15, 0.2) is 11.5 Å². The molecule has 0 fully saturated rings. The van der Waals surface area contributed by atoms with Crippen LogP contribution in [0, 0.1) is 10.1 Å². The molecule has 0 aliphatic carbocycles. The lowest BCUT2D eigenvalue weighted by Crippen LogP contribution is -2.13. The molecule has 0 bridgehead atoms. The lowest BCUT2D eigenvalue weighted by Gasteiger charge is -2.26. The Bertz CT molecular complexity index is 1750. The molecule has 5 rings (SSSR count). The van der Waals surface area contributed by atoms with Gasteiger partial charge in [-0.05, 0) is 76.9 Å². The summed E-state index contributed by atoms with van der Waals surface area (Å²) in [4.78, 5) is 10.9. The van der Waals surface area contributed by atoms with Crippen LogP contribution in [0.5, 0.6) is 23.0 Å². The van der Waals surface area contributed by atoms with E-state index in [0.717, 1.165) is 57.5 Å². The maximum atomic E-state index is 11.3. The van der Waals surface area contributed by atoms with Crippen molar-refractivity contribution in [2.45, 2.75) is 32.1 Å². The topological polar surface area (TPSA) is 91.1 Å². The highest BCUT2D eigenvalue weighted by Crippen LogP contribution is 2.44. The molecular formula is C38H37NO6. The highest BCUT2D eigenvalue weighted by molar-refractivity contribution is 5.63. The Kier molecular flexibility index (Phi) is 10.00. The number of rotatable bonds is 13. The molecule has 5 aromatic rings. The minimum Gasteiger partial charge on any atom is -0.508 e. The van der Waals surface area contributed by atoms with E-state index in [4.69, 9.17) is 14.2 Å². The second-order valence-corrected chi connectivity index (χ2v) is 10.9. The number of aromatic hydroxyl groups is 1. The number of ether oxygens (including phenoxy) is 3. The Morgan fingerprint density at radius 3 is 1.69 bits per heavy atom. The molecule has 7 heteroatoms. The minimum absolute atomic E-state index is 0.0482. The third-order valence-corrected chi connectivity index (χ3v) is 8.12. The lowest BCUT2D eigenvalue weighted by molar-refractivity contribution is -0.384. The number of nitrogens with zero attached hydrogens (tertiary/aromatic N) is 1. The van der Waals surface area contributed by atoms with Crippen LogP contribution in [0.15, 0.2) is 103 Å². The first kappa shape index (κ1) is 31.1. The van der Waals surface area contributed by atoms with E-state index in [2.05, 4.69) is 24.3 Å². The zero-order valence-electron chi connectivity index (χ0n) is 25.8. The van der Waals surface area contributed by atoms with E-state index in [-0.39, 0.29) is 16.4 Å². The summed E-state index contributed by atoms with van der Waals surface area (Å²) in [7, 11) is 4.97. The fraction of sp³-hybridized carbons (Fsp3) is 0.211. The molecule has 0 saturated carbocycles. The fourth-order valence-electron chi connectivity index (χ4n) is 5.91. The molecule has 230 valence electrons. The predicted octanol–water partition coefficient (Wildman–Crippen LogP) is 7.88. The summed E-state index contributed by atoms with van der Waals surface area (Å²) in [6, 6.07) is 32.4. The Labute approximate surface area is 263 Å². The van der Waals surface area contributed by atoms with E-state index in [9.17, 15) is 15.2 Å². The van der Waals surface area contributed by atoms with Gasteiger partial charge in [0.2, 0.25) is 0 Å². The largest absolute Gasteiger partial charge is 0.508 e. The van der Waals surface area contributed by atoms with Crippen molar-refractivity contribution in [2.75, 3.05) is 21.3 Å². The molecule has 45 heavy (non-hydrogen) atoms. The summed E-state index contributed by atoms with van der Waals surface area (Å²) in [5, 5.41) is 21.7. The molecule has 0 amide bonds. The minimum atomic E-state index is -0.389. The standard InChI is InChI=1S/C38H37NO6/c1-43-32-19-14-28(15-20-32)24-36-34(25-29-10-7-11-31(40)22-29)33(21-16-26-8-5-4-6-9-26)35(37(44-2)38(36)45-3)23-27-12-17-30(18-13-27)39(41)42/h4-15,17-20,22,40H,16,21,23-25H2,1-3H3. The molecule has 0 aliphatic rings. The zero-order chi connectivity index (χ0) is 31.8. The molecule has 0 aliphatic heterocycles. The second-order valence-electron chi connectivity index (χ2n) is 10.9. The van der Waals surface area contributed by atoms with Crippen LogP contribution >= 0.6 is 0 Å². The Morgan fingerprint density at radius 2 is 1.13 bits per heavy atom. The number of nitro groups is 1. The van der Waals surface area contributed by atoms with E-state index < -0.39 is 0 Å². The molecule has 0 atom stereocenters. The van der Waals surface area contributed by atoms with Crippen molar-refractivity contribution in [2.24, 2.45) is 0 Å². The average molecular weight is 604 g/mol. The van der Waals surface area contributed by atoms with Crippen LogP contribution in [0.3, 0.4) is 0 Å². The van der Waals surface area contributed by atoms with Crippen molar-refractivity contribution in [3.05, 3.63) is 158 Å². The van der Waals surface area contributed by atoms with Crippen molar-refractivity contribution >= 4 is 5.69 Å². The molecule has 1 N–H and O–H groups in total. The molecule has 0 unspecified atom stereocenters. The number of benzene rings is 5. The van der Waals surface area contributed by atoms with Crippen LogP contribution in [0.1, 0.15) is 44.5 Å². The fourth-order valence-corrected chi connectivity index (χ4v) is 5.91. The van der Waals surface area contributed by atoms with Crippen molar-refractivity contribution < 1.29 is 24.2 Å². The average Bonchev–Trinajstić information content (AvgIpc) is 3.06. The van der Waals surface area contributed by atoms with E-state index >= 15 is 0 Å². The first-order valence-electron chi connectivity index (χ1n) is 14.9. The summed E-state index contributed by atoms with van der Waals surface area (Å²) >= 11 is 0. The van der Waals surface area contributed by atoms with Crippen LogP contribution in [0.4, 0.5) is 5.69 Å². The zero-order valence-corrected chi connectivity index (χ0v) is 25.8. The Balaban J connectivity index is 1.73. The van der Waals surface area contributed by atoms with E-state index in [1.165, 1.54) is 17.7 Å². The predicted molar refractivity (Wildman–Crippen MR) is 176 cm³/mol. The van der Waals surface area contributed by atoms with Gasteiger partial charge >= 0.3 is 0 Å².